The number of hydrogen-bond acceptors (Lipinski definition) is 4. The highest BCUT2D eigenvalue weighted by Crippen LogP contribution is 2.28. The van der Waals surface area contributed by atoms with Crippen molar-refractivity contribution in [1.29, 1.82) is 0 Å². The number of benzene rings is 2. The largest absolute Gasteiger partial charge is 0.274 e. The smallest absolute Gasteiger partial charge is 0.267 e. The van der Waals surface area contributed by atoms with Crippen molar-refractivity contribution in [2.24, 2.45) is 7.05 Å². The fourth-order valence-corrected chi connectivity index (χ4v) is 4.40. The van der Waals surface area contributed by atoms with E-state index in [-0.39, 0.29) is 22.0 Å². The van der Waals surface area contributed by atoms with Gasteiger partial charge in [-0.25, -0.2) is 17.8 Å². The van der Waals surface area contributed by atoms with Crippen LogP contribution in [0.2, 0.25) is 10.0 Å². The molecular weight excluding hydrogens is 397 g/mol. The number of fused-ring (bicyclic) bond motifs is 1. The highest BCUT2D eigenvalue weighted by atomic mass is 35.5. The zero-order valence-corrected chi connectivity index (χ0v) is 16.3. The van der Waals surface area contributed by atoms with Gasteiger partial charge in [0.25, 0.3) is 5.56 Å². The van der Waals surface area contributed by atoms with Crippen LogP contribution in [0, 0.1) is 6.92 Å². The van der Waals surface area contributed by atoms with Crippen molar-refractivity contribution in [3.63, 3.8) is 0 Å². The van der Waals surface area contributed by atoms with E-state index in [1.54, 1.807) is 31.2 Å². The van der Waals surface area contributed by atoms with Crippen LogP contribution in [0.15, 0.2) is 46.1 Å². The van der Waals surface area contributed by atoms with Gasteiger partial charge in [-0.1, -0.05) is 41.4 Å². The van der Waals surface area contributed by atoms with E-state index in [2.05, 4.69) is 9.82 Å². The molecule has 1 aromatic heterocycles. The molecule has 0 saturated carbocycles. The van der Waals surface area contributed by atoms with Crippen LogP contribution >= 0.6 is 23.2 Å². The molecule has 0 spiro atoms. The normalized spacial score (nSPS) is 11.8. The molecule has 136 valence electrons. The third kappa shape index (κ3) is 3.48. The number of rotatable bonds is 4. The second-order valence-corrected chi connectivity index (χ2v) is 8.33. The van der Waals surface area contributed by atoms with Crippen LogP contribution in [0.25, 0.3) is 10.8 Å². The molecule has 0 amide bonds. The van der Waals surface area contributed by atoms with Crippen molar-refractivity contribution in [2.45, 2.75) is 18.4 Å². The third-order valence-corrected chi connectivity index (χ3v) is 6.24. The van der Waals surface area contributed by atoms with Gasteiger partial charge in [-0.3, -0.25) is 4.79 Å². The summed E-state index contributed by atoms with van der Waals surface area (Å²) in [5.74, 6) is 0. The lowest BCUT2D eigenvalue weighted by Gasteiger charge is -2.12. The van der Waals surface area contributed by atoms with Gasteiger partial charge in [0.2, 0.25) is 10.0 Å². The van der Waals surface area contributed by atoms with Crippen LogP contribution in [0.4, 0.5) is 0 Å². The Balaban J connectivity index is 1.99. The van der Waals surface area contributed by atoms with E-state index < -0.39 is 10.0 Å². The van der Waals surface area contributed by atoms with E-state index in [1.165, 1.54) is 23.9 Å². The summed E-state index contributed by atoms with van der Waals surface area (Å²) < 4.78 is 29.0. The van der Waals surface area contributed by atoms with Crippen LogP contribution in [-0.4, -0.2) is 18.2 Å². The van der Waals surface area contributed by atoms with Gasteiger partial charge in [-0.2, -0.15) is 5.10 Å². The van der Waals surface area contributed by atoms with Gasteiger partial charge in [0.05, 0.1) is 22.6 Å². The molecule has 0 atom stereocenters. The zero-order valence-electron chi connectivity index (χ0n) is 14.0. The standard InChI is InChI=1S/C17H15Cl2N3O3S/c1-10-7-16(14(19)8-13(10)18)26(24,25)20-9-15-11-5-3-4-6-12(11)17(23)22(2)21-15/h3-8,20H,9H2,1-2H3. The Morgan fingerprint density at radius 2 is 1.77 bits per heavy atom. The van der Waals surface area contributed by atoms with Gasteiger partial charge in [0.1, 0.15) is 4.90 Å². The fourth-order valence-electron chi connectivity index (χ4n) is 2.58. The average molecular weight is 412 g/mol. The van der Waals surface area contributed by atoms with Crippen LogP contribution < -0.4 is 10.3 Å². The molecule has 3 aromatic rings. The minimum absolute atomic E-state index is 0.0337. The van der Waals surface area contributed by atoms with E-state index >= 15 is 0 Å². The third-order valence-electron chi connectivity index (χ3n) is 3.97. The van der Waals surface area contributed by atoms with Gasteiger partial charge in [0.15, 0.2) is 0 Å². The summed E-state index contributed by atoms with van der Waals surface area (Å²) in [6.07, 6.45) is 0. The Morgan fingerprint density at radius 3 is 2.46 bits per heavy atom. The number of nitrogens with one attached hydrogen (secondary N) is 1. The second-order valence-electron chi connectivity index (χ2n) is 5.78. The van der Waals surface area contributed by atoms with Crippen molar-refractivity contribution in [2.75, 3.05) is 0 Å². The van der Waals surface area contributed by atoms with Gasteiger partial charge in [-0.05, 0) is 30.7 Å². The Hall–Kier alpha value is -1.93. The molecule has 0 aliphatic carbocycles. The molecular formula is C17H15Cl2N3O3S. The zero-order chi connectivity index (χ0) is 19.1. The van der Waals surface area contributed by atoms with E-state index in [9.17, 15) is 13.2 Å². The van der Waals surface area contributed by atoms with Gasteiger partial charge >= 0.3 is 0 Å². The van der Waals surface area contributed by atoms with Crippen LogP contribution in [0.3, 0.4) is 0 Å². The van der Waals surface area contributed by atoms with Crippen molar-refractivity contribution < 1.29 is 8.42 Å². The molecule has 0 aliphatic heterocycles. The predicted molar refractivity (Wildman–Crippen MR) is 102 cm³/mol. The maximum absolute atomic E-state index is 12.6. The Kier molecular flexibility index (Phi) is 5.07. The lowest BCUT2D eigenvalue weighted by atomic mass is 10.1. The molecule has 0 unspecified atom stereocenters. The Labute approximate surface area is 160 Å². The summed E-state index contributed by atoms with van der Waals surface area (Å²) in [6, 6.07) is 9.73. The first kappa shape index (κ1) is 18.8. The molecule has 0 aliphatic rings. The van der Waals surface area contributed by atoms with Crippen LogP contribution in [0.1, 0.15) is 11.3 Å². The fraction of sp³-hybridized carbons (Fsp3) is 0.176. The summed E-state index contributed by atoms with van der Waals surface area (Å²) in [7, 11) is -2.37. The number of aryl methyl sites for hydroxylation is 2. The molecule has 1 N–H and O–H groups in total. The van der Waals surface area contributed by atoms with E-state index in [0.717, 1.165) is 0 Å². The molecule has 6 nitrogen and oxygen atoms in total. The molecule has 26 heavy (non-hydrogen) atoms. The van der Waals surface area contributed by atoms with Crippen molar-refractivity contribution in [3.8, 4) is 0 Å². The molecule has 2 aromatic carbocycles. The number of hydrogen-bond donors (Lipinski definition) is 1. The summed E-state index contributed by atoms with van der Waals surface area (Å²) in [5, 5.41) is 5.66. The minimum Gasteiger partial charge on any atom is -0.267 e. The summed E-state index contributed by atoms with van der Waals surface area (Å²) in [4.78, 5) is 12.1. The molecule has 0 fully saturated rings. The average Bonchev–Trinajstić information content (AvgIpc) is 2.60. The number of halogens is 2. The SMILES string of the molecule is Cc1cc(S(=O)(=O)NCc2nn(C)c(=O)c3ccccc23)c(Cl)cc1Cl. The van der Waals surface area contributed by atoms with Gasteiger partial charge in [0, 0.05) is 17.5 Å². The summed E-state index contributed by atoms with van der Waals surface area (Å²) in [6.45, 7) is 1.61. The summed E-state index contributed by atoms with van der Waals surface area (Å²) in [5.41, 5.74) is 0.791. The van der Waals surface area contributed by atoms with Crippen LogP contribution in [-0.2, 0) is 23.6 Å². The van der Waals surface area contributed by atoms with E-state index in [4.69, 9.17) is 23.2 Å². The number of aromatic nitrogens is 2. The quantitative estimate of drug-likeness (QED) is 0.715. The first-order valence-electron chi connectivity index (χ1n) is 7.61. The topological polar surface area (TPSA) is 81.1 Å². The second kappa shape index (κ2) is 7.00. The molecule has 0 radical (unpaired) electrons. The Bertz CT molecular complexity index is 1170. The van der Waals surface area contributed by atoms with Crippen molar-refractivity contribution in [3.05, 3.63) is 68.1 Å². The molecule has 1 heterocycles. The van der Waals surface area contributed by atoms with Gasteiger partial charge < -0.3 is 0 Å². The molecule has 9 heteroatoms. The lowest BCUT2D eigenvalue weighted by Crippen LogP contribution is -2.27. The molecule has 0 bridgehead atoms. The number of sulfonamides is 1. The molecule has 3 rings (SSSR count). The summed E-state index contributed by atoms with van der Waals surface area (Å²) >= 11 is 12.0. The highest BCUT2D eigenvalue weighted by molar-refractivity contribution is 7.89. The van der Waals surface area contributed by atoms with E-state index in [1.807, 2.05) is 0 Å². The predicted octanol–water partition coefficient (Wildman–Crippen LogP) is 3.03. The first-order valence-corrected chi connectivity index (χ1v) is 9.85. The van der Waals surface area contributed by atoms with Gasteiger partial charge in [-0.15, -0.1) is 0 Å². The van der Waals surface area contributed by atoms with Crippen molar-refractivity contribution in [1.82, 2.24) is 14.5 Å². The number of nitrogens with zero attached hydrogens (tertiary/aromatic N) is 2. The minimum atomic E-state index is -3.89. The maximum Gasteiger partial charge on any atom is 0.274 e. The van der Waals surface area contributed by atoms with Crippen molar-refractivity contribution >= 4 is 44.0 Å². The maximum atomic E-state index is 12.6. The lowest BCUT2D eigenvalue weighted by molar-refractivity contribution is 0.578. The first-order chi connectivity index (χ1) is 12.2. The highest BCUT2D eigenvalue weighted by Gasteiger charge is 2.20. The monoisotopic (exact) mass is 411 g/mol. The van der Waals surface area contributed by atoms with E-state index in [0.29, 0.717) is 27.1 Å². The Morgan fingerprint density at radius 1 is 1.12 bits per heavy atom. The molecule has 0 saturated heterocycles. The van der Waals surface area contributed by atoms with Crippen LogP contribution in [0.5, 0.6) is 0 Å².